The van der Waals surface area contributed by atoms with Gasteiger partial charge >= 0.3 is 0 Å². The summed E-state index contributed by atoms with van der Waals surface area (Å²) in [5, 5.41) is 8.46. The normalized spacial score (nSPS) is 15.8. The fourth-order valence-corrected chi connectivity index (χ4v) is 4.86. The van der Waals surface area contributed by atoms with Gasteiger partial charge in [0.15, 0.2) is 0 Å². The van der Waals surface area contributed by atoms with Crippen molar-refractivity contribution in [2.45, 2.75) is 26.5 Å². The minimum absolute atomic E-state index is 0.0517. The number of thiophene rings is 1. The highest BCUT2D eigenvalue weighted by Crippen LogP contribution is 2.41. The van der Waals surface area contributed by atoms with Crippen LogP contribution in [0, 0.1) is 0 Å². The van der Waals surface area contributed by atoms with Gasteiger partial charge in [-0.1, -0.05) is 0 Å². The molecule has 5 rings (SSSR count). The monoisotopic (exact) mass is 469 g/mol. The quantitative estimate of drug-likeness (QED) is 0.406. The molecule has 0 radical (unpaired) electrons. The molecule has 0 saturated heterocycles. The van der Waals surface area contributed by atoms with E-state index in [4.69, 9.17) is 21.1 Å². The summed E-state index contributed by atoms with van der Waals surface area (Å²) < 4.78 is 12.4. The zero-order valence-electron chi connectivity index (χ0n) is 17.4. The van der Waals surface area contributed by atoms with Crippen molar-refractivity contribution >= 4 is 55.5 Å². The molecular formula is C22H20ClN5O3S. The number of hydrogen-bond acceptors (Lipinski definition) is 8. The van der Waals surface area contributed by atoms with E-state index in [1.807, 2.05) is 32.0 Å². The van der Waals surface area contributed by atoms with E-state index in [9.17, 15) is 4.79 Å². The third-order valence-electron chi connectivity index (χ3n) is 5.12. The molecule has 1 atom stereocenters. The van der Waals surface area contributed by atoms with Crippen molar-refractivity contribution in [3.8, 4) is 11.8 Å². The highest BCUT2D eigenvalue weighted by molar-refractivity contribution is 7.21. The second kappa shape index (κ2) is 8.50. The minimum atomic E-state index is -0.0535. The lowest BCUT2D eigenvalue weighted by atomic mass is 10.1. The molecule has 4 aromatic rings. The standard InChI is InChI=1S/C22H20ClN5O3S/c1-3-30-10-12-9-25-22(23)28-21(12)31-16-7-4-13-14(27-16)5-6-15-17(13)18-19(32-15)20(29)26-11(2)8-24-18/h4-7,9,11,24H,3,8,10H2,1-2H3,(H,26,29). The van der Waals surface area contributed by atoms with Crippen LogP contribution in [0.5, 0.6) is 11.8 Å². The Morgan fingerprint density at radius 3 is 2.97 bits per heavy atom. The van der Waals surface area contributed by atoms with Crippen LogP contribution in [0.15, 0.2) is 30.5 Å². The van der Waals surface area contributed by atoms with Gasteiger partial charge in [-0.05, 0) is 43.6 Å². The maximum Gasteiger partial charge on any atom is 0.263 e. The second-order valence-corrected chi connectivity index (χ2v) is 8.82. The number of fused-ring (bicyclic) bond motifs is 5. The third-order valence-corrected chi connectivity index (χ3v) is 6.46. The van der Waals surface area contributed by atoms with Gasteiger partial charge in [-0.3, -0.25) is 4.79 Å². The number of aromatic nitrogens is 3. The van der Waals surface area contributed by atoms with Crippen LogP contribution in [0.1, 0.15) is 29.1 Å². The number of carbonyl (C=O) groups excluding carboxylic acids is 1. The van der Waals surface area contributed by atoms with Crippen LogP contribution < -0.4 is 15.4 Å². The van der Waals surface area contributed by atoms with Crippen LogP contribution in [-0.4, -0.2) is 40.1 Å². The van der Waals surface area contributed by atoms with Gasteiger partial charge in [-0.25, -0.2) is 9.97 Å². The first kappa shape index (κ1) is 20.9. The Balaban J connectivity index is 1.55. The fraction of sp³-hybridized carbons (Fsp3) is 0.273. The lowest BCUT2D eigenvalue weighted by Gasteiger charge is -2.11. The van der Waals surface area contributed by atoms with Crippen LogP contribution in [-0.2, 0) is 11.3 Å². The first-order valence-electron chi connectivity index (χ1n) is 10.2. The number of hydrogen-bond donors (Lipinski definition) is 2. The molecule has 0 spiro atoms. The van der Waals surface area contributed by atoms with Gasteiger partial charge in [0.25, 0.3) is 5.91 Å². The molecule has 1 aliphatic heterocycles. The molecule has 1 aromatic carbocycles. The Morgan fingerprint density at radius 2 is 2.12 bits per heavy atom. The molecule has 0 saturated carbocycles. The number of halogens is 1. The van der Waals surface area contributed by atoms with E-state index in [2.05, 4.69) is 25.6 Å². The predicted molar refractivity (Wildman–Crippen MR) is 125 cm³/mol. The molecule has 2 N–H and O–H groups in total. The summed E-state index contributed by atoms with van der Waals surface area (Å²) in [6, 6.07) is 7.69. The van der Waals surface area contributed by atoms with E-state index < -0.39 is 0 Å². The van der Waals surface area contributed by atoms with Gasteiger partial charge in [0.1, 0.15) is 4.88 Å². The Labute approximate surface area is 192 Å². The summed E-state index contributed by atoms with van der Waals surface area (Å²) in [5.41, 5.74) is 2.29. The first-order valence-corrected chi connectivity index (χ1v) is 11.4. The van der Waals surface area contributed by atoms with Gasteiger partial charge in [0, 0.05) is 46.9 Å². The van der Waals surface area contributed by atoms with E-state index in [0.717, 1.165) is 26.7 Å². The Bertz CT molecular complexity index is 1340. The zero-order chi connectivity index (χ0) is 22.2. The molecule has 0 fully saturated rings. The van der Waals surface area contributed by atoms with Crippen LogP contribution in [0.25, 0.3) is 21.0 Å². The summed E-state index contributed by atoms with van der Waals surface area (Å²) in [4.78, 5) is 26.2. The van der Waals surface area contributed by atoms with Crippen LogP contribution >= 0.6 is 22.9 Å². The number of nitrogens with one attached hydrogen (secondary N) is 2. The highest BCUT2D eigenvalue weighted by Gasteiger charge is 2.24. The van der Waals surface area contributed by atoms with E-state index in [1.54, 1.807) is 12.3 Å². The zero-order valence-corrected chi connectivity index (χ0v) is 19.0. The van der Waals surface area contributed by atoms with Crippen molar-refractivity contribution < 1.29 is 14.3 Å². The maximum atomic E-state index is 12.6. The lowest BCUT2D eigenvalue weighted by Crippen LogP contribution is -2.34. The molecular weight excluding hydrogens is 450 g/mol. The van der Waals surface area contributed by atoms with Crippen LogP contribution in [0.2, 0.25) is 5.28 Å². The average Bonchev–Trinajstić information content (AvgIpc) is 3.09. The Hall–Kier alpha value is -3.01. The maximum absolute atomic E-state index is 12.6. The van der Waals surface area contributed by atoms with E-state index in [1.165, 1.54) is 11.3 Å². The molecule has 164 valence electrons. The van der Waals surface area contributed by atoms with Crippen LogP contribution in [0.4, 0.5) is 5.69 Å². The van der Waals surface area contributed by atoms with Crippen molar-refractivity contribution in [3.05, 3.63) is 46.2 Å². The van der Waals surface area contributed by atoms with E-state index >= 15 is 0 Å². The minimum Gasteiger partial charge on any atom is -0.420 e. The number of benzene rings is 1. The number of anilines is 1. The largest absolute Gasteiger partial charge is 0.420 e. The first-order chi connectivity index (χ1) is 15.5. The summed E-state index contributed by atoms with van der Waals surface area (Å²) in [6.45, 7) is 5.42. The molecule has 1 amide bonds. The SMILES string of the molecule is CCOCc1cnc(Cl)nc1Oc1ccc2c(ccc3sc4c(c32)NCC(C)NC4=O)n1. The number of carbonyl (C=O) groups is 1. The highest BCUT2D eigenvalue weighted by atomic mass is 35.5. The number of ether oxygens (including phenoxy) is 2. The molecule has 8 nitrogen and oxygen atoms in total. The molecule has 1 aliphatic rings. The number of pyridine rings is 1. The smallest absolute Gasteiger partial charge is 0.263 e. The van der Waals surface area contributed by atoms with Crippen molar-refractivity contribution in [2.75, 3.05) is 18.5 Å². The Morgan fingerprint density at radius 1 is 1.25 bits per heavy atom. The third kappa shape index (κ3) is 3.83. The van der Waals surface area contributed by atoms with Crippen molar-refractivity contribution in [1.82, 2.24) is 20.3 Å². The van der Waals surface area contributed by atoms with Gasteiger partial charge in [0.2, 0.25) is 17.0 Å². The average molecular weight is 470 g/mol. The summed E-state index contributed by atoms with van der Waals surface area (Å²) in [7, 11) is 0. The summed E-state index contributed by atoms with van der Waals surface area (Å²) >= 11 is 7.44. The number of amides is 1. The van der Waals surface area contributed by atoms with Crippen molar-refractivity contribution in [1.29, 1.82) is 0 Å². The van der Waals surface area contributed by atoms with Gasteiger partial charge in [-0.15, -0.1) is 11.3 Å². The second-order valence-electron chi connectivity index (χ2n) is 7.43. The molecule has 4 heterocycles. The molecule has 0 bridgehead atoms. The molecule has 0 aliphatic carbocycles. The number of rotatable bonds is 5. The van der Waals surface area contributed by atoms with Gasteiger partial charge < -0.3 is 20.1 Å². The molecule has 1 unspecified atom stereocenters. The Kier molecular flexibility index (Phi) is 5.54. The number of nitrogens with zero attached hydrogens (tertiary/aromatic N) is 3. The van der Waals surface area contributed by atoms with Gasteiger partial charge in [-0.2, -0.15) is 4.98 Å². The predicted octanol–water partition coefficient (Wildman–Crippen LogP) is 4.77. The van der Waals surface area contributed by atoms with Gasteiger partial charge in [0.05, 0.1) is 23.4 Å². The molecule has 3 aromatic heterocycles. The topological polar surface area (TPSA) is 98.3 Å². The molecule has 32 heavy (non-hydrogen) atoms. The fourth-order valence-electron chi connectivity index (χ4n) is 3.63. The summed E-state index contributed by atoms with van der Waals surface area (Å²) in [5.74, 6) is 0.635. The van der Waals surface area contributed by atoms with Crippen molar-refractivity contribution in [2.24, 2.45) is 0 Å². The van der Waals surface area contributed by atoms with Crippen LogP contribution in [0.3, 0.4) is 0 Å². The lowest BCUT2D eigenvalue weighted by molar-refractivity contribution is 0.0949. The van der Waals surface area contributed by atoms with Crippen molar-refractivity contribution in [3.63, 3.8) is 0 Å². The van der Waals surface area contributed by atoms with E-state index in [0.29, 0.717) is 42.0 Å². The summed E-state index contributed by atoms with van der Waals surface area (Å²) in [6.07, 6.45) is 1.59. The molecule has 10 heteroatoms. The van der Waals surface area contributed by atoms with E-state index in [-0.39, 0.29) is 17.2 Å².